The van der Waals surface area contributed by atoms with Gasteiger partial charge >= 0.3 is 0 Å². The van der Waals surface area contributed by atoms with Crippen LogP contribution in [-0.4, -0.2) is 35.2 Å². The van der Waals surface area contributed by atoms with E-state index in [9.17, 15) is 4.79 Å². The summed E-state index contributed by atoms with van der Waals surface area (Å²) in [6.07, 6.45) is 0. The lowest BCUT2D eigenvalue weighted by atomic mass is 10.2. The second-order valence-corrected chi connectivity index (χ2v) is 5.16. The third-order valence-corrected chi connectivity index (χ3v) is 3.29. The van der Waals surface area contributed by atoms with E-state index in [2.05, 4.69) is 4.99 Å². The van der Waals surface area contributed by atoms with Gasteiger partial charge in [-0.1, -0.05) is 18.2 Å². The summed E-state index contributed by atoms with van der Waals surface area (Å²) < 4.78 is 1.58. The lowest BCUT2D eigenvalue weighted by Gasteiger charge is -2.27. The van der Waals surface area contributed by atoms with Crippen LogP contribution >= 0.6 is 11.9 Å². The number of hydrogen-bond acceptors (Lipinski definition) is 5. The maximum Gasteiger partial charge on any atom is 0.255 e. The van der Waals surface area contributed by atoms with Gasteiger partial charge in [0.1, 0.15) is 13.3 Å². The van der Waals surface area contributed by atoms with Crippen LogP contribution in [0.4, 0.5) is 5.69 Å². The van der Waals surface area contributed by atoms with Gasteiger partial charge in [-0.2, -0.15) is 0 Å². The molecule has 0 aromatic heterocycles. The molecule has 5 nitrogen and oxygen atoms in total. The van der Waals surface area contributed by atoms with Gasteiger partial charge in [-0.15, -0.1) is 4.47 Å². The van der Waals surface area contributed by atoms with Crippen LogP contribution in [0.2, 0.25) is 0 Å². The first-order chi connectivity index (χ1) is 9.18. The lowest BCUT2D eigenvalue weighted by molar-refractivity contribution is -0.135. The maximum atomic E-state index is 12.3. The summed E-state index contributed by atoms with van der Waals surface area (Å²) in [7, 11) is 0. The normalized spacial score (nSPS) is 15.1. The second kappa shape index (κ2) is 6.70. The molecular formula is C13H17N3O2S. The fourth-order valence-electron chi connectivity index (χ4n) is 1.81. The molecule has 0 N–H and O–H groups in total. The quantitative estimate of drug-likeness (QED) is 0.776. The van der Waals surface area contributed by atoms with Gasteiger partial charge in [0.15, 0.2) is 0 Å². The molecule has 6 heteroatoms. The number of carbonyl (C=O) groups is 1. The van der Waals surface area contributed by atoms with Gasteiger partial charge < -0.3 is 4.90 Å². The smallest absolute Gasteiger partial charge is 0.255 e. The molecular weight excluding hydrogens is 262 g/mol. The molecule has 0 atom stereocenters. The fraction of sp³-hybridized carbons (Fsp3) is 0.385. The van der Waals surface area contributed by atoms with Crippen molar-refractivity contribution >= 4 is 29.1 Å². The maximum absolute atomic E-state index is 12.3. The van der Waals surface area contributed by atoms with Crippen LogP contribution in [0.5, 0.6) is 0 Å². The summed E-state index contributed by atoms with van der Waals surface area (Å²) in [6.45, 7) is 4.45. The first-order valence-corrected chi connectivity index (χ1v) is 6.95. The second-order valence-electron chi connectivity index (χ2n) is 4.33. The Balaban J connectivity index is 1.97. The molecule has 2 rings (SSSR count). The van der Waals surface area contributed by atoms with Crippen molar-refractivity contribution in [2.24, 2.45) is 4.99 Å². The van der Waals surface area contributed by atoms with E-state index in [1.165, 1.54) is 11.9 Å². The van der Waals surface area contributed by atoms with E-state index in [0.717, 1.165) is 5.69 Å². The van der Waals surface area contributed by atoms with Crippen molar-refractivity contribution in [2.45, 2.75) is 19.9 Å². The number of carbonyl (C=O) groups excluding carboxylic acids is 1. The Morgan fingerprint density at radius 2 is 2.21 bits per heavy atom. The van der Waals surface area contributed by atoms with Crippen LogP contribution in [0.3, 0.4) is 0 Å². The number of para-hydroxylation sites is 1. The lowest BCUT2D eigenvalue weighted by Crippen LogP contribution is -2.40. The van der Waals surface area contributed by atoms with Crippen LogP contribution in [0.15, 0.2) is 35.3 Å². The zero-order valence-electron chi connectivity index (χ0n) is 11.0. The minimum absolute atomic E-state index is 0.0173. The summed E-state index contributed by atoms with van der Waals surface area (Å²) in [5.41, 5.74) is 2.58. The molecule has 0 saturated heterocycles. The summed E-state index contributed by atoms with van der Waals surface area (Å²) in [5.74, 6) is -0.0614. The highest BCUT2D eigenvalue weighted by Crippen LogP contribution is 2.18. The van der Waals surface area contributed by atoms with Crippen molar-refractivity contribution in [2.75, 3.05) is 18.2 Å². The van der Waals surface area contributed by atoms with Crippen LogP contribution in [0.1, 0.15) is 13.8 Å². The molecule has 0 saturated carbocycles. The SMILES string of the molecule is CC(C)N(C(=O)CON1CN=CS1)c1ccccc1. The van der Waals surface area contributed by atoms with Crippen molar-refractivity contribution in [3.63, 3.8) is 0 Å². The Kier molecular flexibility index (Phi) is 4.95. The van der Waals surface area contributed by atoms with E-state index >= 15 is 0 Å². The van der Waals surface area contributed by atoms with Gasteiger partial charge in [-0.05, 0) is 37.9 Å². The van der Waals surface area contributed by atoms with Crippen molar-refractivity contribution in [1.29, 1.82) is 0 Å². The van der Waals surface area contributed by atoms with Crippen LogP contribution in [0.25, 0.3) is 0 Å². The molecule has 0 radical (unpaired) electrons. The highest BCUT2D eigenvalue weighted by atomic mass is 32.2. The fourth-order valence-corrected chi connectivity index (χ4v) is 2.29. The van der Waals surface area contributed by atoms with Crippen molar-refractivity contribution < 1.29 is 9.63 Å². The summed E-state index contributed by atoms with van der Waals surface area (Å²) in [6, 6.07) is 9.70. The highest BCUT2D eigenvalue weighted by Gasteiger charge is 2.20. The standard InChI is InChI=1S/C13H17N3O2S/c1-11(2)16(12-6-4-3-5-7-12)13(17)8-18-15-9-14-10-19-15/h3-7,10-11H,8-9H2,1-2H3. The number of benzene rings is 1. The summed E-state index contributed by atoms with van der Waals surface area (Å²) in [4.78, 5) is 23.4. The Hall–Kier alpha value is -1.37. The van der Waals surface area contributed by atoms with Gasteiger partial charge in [0.25, 0.3) is 5.91 Å². The molecule has 1 aromatic rings. The topological polar surface area (TPSA) is 45.1 Å². The van der Waals surface area contributed by atoms with Crippen LogP contribution < -0.4 is 4.90 Å². The molecule has 0 spiro atoms. The van der Waals surface area contributed by atoms with E-state index in [4.69, 9.17) is 4.84 Å². The van der Waals surface area contributed by atoms with Gasteiger partial charge in [-0.3, -0.25) is 14.6 Å². The Morgan fingerprint density at radius 1 is 1.47 bits per heavy atom. The van der Waals surface area contributed by atoms with Crippen molar-refractivity contribution in [3.05, 3.63) is 30.3 Å². The number of aliphatic imine (C=N–C) groups is 1. The van der Waals surface area contributed by atoms with E-state index in [1.807, 2.05) is 44.2 Å². The van der Waals surface area contributed by atoms with E-state index in [-0.39, 0.29) is 18.6 Å². The number of rotatable bonds is 5. The van der Waals surface area contributed by atoms with E-state index < -0.39 is 0 Å². The third kappa shape index (κ3) is 3.79. The molecule has 1 amide bonds. The number of amides is 1. The average Bonchev–Trinajstić information content (AvgIpc) is 2.90. The predicted molar refractivity (Wildman–Crippen MR) is 77.8 cm³/mol. The van der Waals surface area contributed by atoms with Crippen molar-refractivity contribution in [3.8, 4) is 0 Å². The molecule has 102 valence electrons. The molecule has 1 aromatic carbocycles. The molecule has 0 bridgehead atoms. The summed E-state index contributed by atoms with van der Waals surface area (Å²) in [5, 5.41) is 0. The highest BCUT2D eigenvalue weighted by molar-refractivity contribution is 8.10. The van der Waals surface area contributed by atoms with Crippen LogP contribution in [0, 0.1) is 0 Å². The number of anilines is 1. The van der Waals surface area contributed by atoms with Gasteiger partial charge in [0.05, 0.1) is 5.55 Å². The molecule has 1 aliphatic heterocycles. The zero-order chi connectivity index (χ0) is 13.7. The van der Waals surface area contributed by atoms with Gasteiger partial charge in [0, 0.05) is 11.7 Å². The molecule has 0 fully saturated rings. The minimum Gasteiger partial charge on any atom is -0.308 e. The Labute approximate surface area is 117 Å². The monoisotopic (exact) mass is 279 g/mol. The largest absolute Gasteiger partial charge is 0.308 e. The zero-order valence-corrected chi connectivity index (χ0v) is 11.8. The number of hydrogen-bond donors (Lipinski definition) is 0. The first-order valence-electron chi connectivity index (χ1n) is 6.11. The third-order valence-electron chi connectivity index (χ3n) is 2.59. The molecule has 1 aliphatic rings. The summed E-state index contributed by atoms with van der Waals surface area (Å²) >= 11 is 1.35. The molecule has 19 heavy (non-hydrogen) atoms. The van der Waals surface area contributed by atoms with Crippen LogP contribution in [-0.2, 0) is 9.63 Å². The van der Waals surface area contributed by atoms with Gasteiger partial charge in [0.2, 0.25) is 0 Å². The molecule has 0 aliphatic carbocycles. The molecule has 0 unspecified atom stereocenters. The van der Waals surface area contributed by atoms with E-state index in [1.54, 1.807) is 14.9 Å². The predicted octanol–water partition coefficient (Wildman–Crippen LogP) is 2.31. The Bertz CT molecular complexity index is 442. The van der Waals surface area contributed by atoms with Gasteiger partial charge in [-0.25, -0.2) is 0 Å². The van der Waals surface area contributed by atoms with E-state index in [0.29, 0.717) is 6.67 Å². The first kappa shape index (κ1) is 14.0. The van der Waals surface area contributed by atoms with Crippen molar-refractivity contribution in [1.82, 2.24) is 4.47 Å². The average molecular weight is 279 g/mol. The Morgan fingerprint density at radius 3 is 2.79 bits per heavy atom. The minimum atomic E-state index is -0.0614. The molecule has 1 heterocycles. The number of hydroxylamine groups is 1. The number of nitrogens with zero attached hydrogens (tertiary/aromatic N) is 3.